The Hall–Kier alpha value is -0.905. The molecular weight excluding hydrogens is 221 g/mol. The second kappa shape index (κ2) is 18.5. The van der Waals surface area contributed by atoms with Crippen LogP contribution in [0.15, 0.2) is 0 Å². The van der Waals surface area contributed by atoms with Gasteiger partial charge in [-0.2, -0.15) is 0 Å². The predicted molar refractivity (Wildman–Crippen MR) is 83.6 cm³/mol. The van der Waals surface area contributed by atoms with Crippen molar-refractivity contribution in [3.63, 3.8) is 0 Å². The Morgan fingerprint density at radius 1 is 1.33 bits per heavy atom. The molecule has 0 aliphatic carbocycles. The van der Waals surface area contributed by atoms with Crippen molar-refractivity contribution in [2.45, 2.75) is 61.8 Å². The Bertz CT molecular complexity index is 230. The molecule has 1 rings (SSSR count). The van der Waals surface area contributed by atoms with E-state index in [4.69, 9.17) is 0 Å². The maximum atomic E-state index is 11.1. The van der Waals surface area contributed by atoms with Crippen LogP contribution >= 0.6 is 0 Å². The van der Waals surface area contributed by atoms with Gasteiger partial charge in [0.15, 0.2) is 0 Å². The summed E-state index contributed by atoms with van der Waals surface area (Å²) < 4.78 is 0. The summed E-state index contributed by atoms with van der Waals surface area (Å²) in [5.41, 5.74) is 0. The van der Waals surface area contributed by atoms with Crippen LogP contribution in [-0.4, -0.2) is 32.3 Å². The molecule has 105 valence electrons. The van der Waals surface area contributed by atoms with Crippen LogP contribution in [0.2, 0.25) is 0 Å². The molecule has 2 nitrogen and oxygen atoms in total. The summed E-state index contributed by atoms with van der Waals surface area (Å²) in [6, 6.07) is 0. The van der Waals surface area contributed by atoms with Crippen LogP contribution in [-0.2, 0) is 4.79 Å². The second-order valence-corrected chi connectivity index (χ2v) is 3.73. The highest BCUT2D eigenvalue weighted by Gasteiger charge is 2.21. The molecule has 1 atom stereocenters. The quantitative estimate of drug-likeness (QED) is 0.476. The first-order valence-corrected chi connectivity index (χ1v) is 6.37. The van der Waals surface area contributed by atoms with Crippen molar-refractivity contribution in [2.75, 3.05) is 13.1 Å². The summed E-state index contributed by atoms with van der Waals surface area (Å²) in [6.45, 7) is 13.9. The normalized spacial score (nSPS) is 15.2. The number of likely N-dealkylation sites (tertiary alicyclic amines) is 1. The van der Waals surface area contributed by atoms with E-state index in [0.29, 0.717) is 5.92 Å². The van der Waals surface area contributed by atoms with Gasteiger partial charge < -0.3 is 4.90 Å². The predicted octanol–water partition coefficient (Wildman–Crippen LogP) is 3.58. The summed E-state index contributed by atoms with van der Waals surface area (Å²) in [6.07, 6.45) is 2.37. The third-order valence-corrected chi connectivity index (χ3v) is 1.94. The van der Waals surface area contributed by atoms with E-state index in [2.05, 4.69) is 32.6 Å². The highest BCUT2D eigenvalue weighted by Crippen LogP contribution is 2.14. The monoisotopic (exact) mass is 252 g/mol. The fourth-order valence-electron chi connectivity index (χ4n) is 1.31. The SMILES string of the molecule is C.CC.CC#CC(=O)N1CCC(C)C1.CCC.[B]. The summed E-state index contributed by atoms with van der Waals surface area (Å²) >= 11 is 0. The van der Waals surface area contributed by atoms with Gasteiger partial charge in [-0.15, -0.1) is 0 Å². The molecule has 0 saturated carbocycles. The van der Waals surface area contributed by atoms with Gasteiger partial charge in [0.25, 0.3) is 5.91 Å². The van der Waals surface area contributed by atoms with Gasteiger partial charge in [0, 0.05) is 21.5 Å². The van der Waals surface area contributed by atoms with Gasteiger partial charge in [-0.1, -0.05) is 54.4 Å². The molecule has 3 radical (unpaired) electrons. The van der Waals surface area contributed by atoms with Crippen molar-refractivity contribution < 1.29 is 4.79 Å². The zero-order chi connectivity index (χ0) is 13.0. The second-order valence-electron chi connectivity index (χ2n) is 3.73. The molecule has 0 N–H and O–H groups in total. The number of hydrogen-bond donors (Lipinski definition) is 0. The topological polar surface area (TPSA) is 20.3 Å². The zero-order valence-electron chi connectivity index (χ0n) is 12.3. The van der Waals surface area contributed by atoms with Gasteiger partial charge in [-0.05, 0) is 25.2 Å². The lowest BCUT2D eigenvalue weighted by Crippen LogP contribution is -2.26. The number of carbonyl (C=O) groups excluding carboxylic acids is 1. The van der Waals surface area contributed by atoms with Crippen LogP contribution in [0.4, 0.5) is 0 Å². The van der Waals surface area contributed by atoms with Crippen LogP contribution in [0.3, 0.4) is 0 Å². The van der Waals surface area contributed by atoms with Crippen molar-refractivity contribution in [1.29, 1.82) is 0 Å². The Morgan fingerprint density at radius 2 is 1.78 bits per heavy atom. The number of amides is 1. The smallest absolute Gasteiger partial charge is 0.298 e. The third kappa shape index (κ3) is 13.2. The minimum absolute atomic E-state index is 0. The van der Waals surface area contributed by atoms with Crippen LogP contribution in [0.1, 0.15) is 61.8 Å². The van der Waals surface area contributed by atoms with Crippen LogP contribution < -0.4 is 0 Å². The van der Waals surface area contributed by atoms with Crippen LogP contribution in [0.25, 0.3) is 0 Å². The highest BCUT2D eigenvalue weighted by atomic mass is 16.2. The Kier molecular flexibility index (Phi) is 26.5. The third-order valence-electron chi connectivity index (χ3n) is 1.94. The van der Waals surface area contributed by atoms with E-state index in [-0.39, 0.29) is 21.7 Å². The first-order valence-electron chi connectivity index (χ1n) is 6.37. The van der Waals surface area contributed by atoms with E-state index in [1.807, 2.05) is 18.7 Å². The van der Waals surface area contributed by atoms with Crippen molar-refractivity contribution in [2.24, 2.45) is 5.92 Å². The van der Waals surface area contributed by atoms with Gasteiger partial charge in [0.05, 0.1) is 0 Å². The lowest BCUT2D eigenvalue weighted by Gasteiger charge is -2.10. The minimum atomic E-state index is -0.0168. The van der Waals surface area contributed by atoms with E-state index >= 15 is 0 Å². The number of carbonyl (C=O) groups is 1. The van der Waals surface area contributed by atoms with Crippen LogP contribution in [0, 0.1) is 17.8 Å². The van der Waals surface area contributed by atoms with Crippen molar-refractivity contribution >= 4 is 14.3 Å². The lowest BCUT2D eigenvalue weighted by molar-refractivity contribution is -0.124. The van der Waals surface area contributed by atoms with E-state index in [1.165, 1.54) is 6.42 Å². The molecular formula is C15H31BNO. The molecule has 3 heteroatoms. The first-order chi connectivity index (χ1) is 7.65. The maximum Gasteiger partial charge on any atom is 0.298 e. The average molecular weight is 252 g/mol. The molecule has 0 spiro atoms. The van der Waals surface area contributed by atoms with Crippen molar-refractivity contribution in [3.05, 3.63) is 0 Å². The summed E-state index contributed by atoms with van der Waals surface area (Å²) in [5.74, 6) is 5.80. The van der Waals surface area contributed by atoms with E-state index in [9.17, 15) is 4.79 Å². The number of rotatable bonds is 0. The first kappa shape index (κ1) is 25.8. The van der Waals surface area contributed by atoms with Gasteiger partial charge in [0.2, 0.25) is 0 Å². The Morgan fingerprint density at radius 3 is 2.06 bits per heavy atom. The molecule has 1 aliphatic heterocycles. The van der Waals surface area contributed by atoms with E-state index in [1.54, 1.807) is 6.92 Å². The molecule has 1 amide bonds. The van der Waals surface area contributed by atoms with Crippen LogP contribution in [0.5, 0.6) is 0 Å². The molecule has 1 saturated heterocycles. The number of nitrogens with zero attached hydrogens (tertiary/aromatic N) is 1. The Balaban J connectivity index is -0.000000124. The van der Waals surface area contributed by atoms with Crippen molar-refractivity contribution in [3.8, 4) is 11.8 Å². The molecule has 0 aromatic heterocycles. The largest absolute Gasteiger partial charge is 0.332 e. The van der Waals surface area contributed by atoms with Gasteiger partial charge in [-0.25, -0.2) is 0 Å². The Labute approximate surface area is 117 Å². The molecule has 1 unspecified atom stereocenters. The fraction of sp³-hybridized carbons (Fsp3) is 0.800. The summed E-state index contributed by atoms with van der Waals surface area (Å²) in [5, 5.41) is 0. The molecule has 1 heterocycles. The van der Waals surface area contributed by atoms with Gasteiger partial charge in [-0.3, -0.25) is 4.79 Å². The van der Waals surface area contributed by atoms with Crippen molar-refractivity contribution in [1.82, 2.24) is 4.90 Å². The molecule has 1 fully saturated rings. The number of hydrogen-bond acceptors (Lipinski definition) is 1. The fourth-order valence-corrected chi connectivity index (χ4v) is 1.31. The van der Waals surface area contributed by atoms with Gasteiger partial charge >= 0.3 is 0 Å². The lowest BCUT2D eigenvalue weighted by atomic mass is 10.2. The minimum Gasteiger partial charge on any atom is -0.332 e. The summed E-state index contributed by atoms with van der Waals surface area (Å²) in [7, 11) is 0. The highest BCUT2D eigenvalue weighted by molar-refractivity contribution is 5.93. The molecule has 0 aromatic rings. The molecule has 0 bridgehead atoms. The van der Waals surface area contributed by atoms with E-state index < -0.39 is 0 Å². The van der Waals surface area contributed by atoms with E-state index in [0.717, 1.165) is 19.5 Å². The standard InChI is InChI=1S/C9H13NO.C3H8.C2H6.CH4.B/c1-3-4-9(11)10-6-5-8(2)7-10;1-3-2;1-2;;/h8H,5-7H2,1-2H3;3H2,1-2H3;1-2H3;1H4;. The maximum absolute atomic E-state index is 11.1. The van der Waals surface area contributed by atoms with Gasteiger partial charge in [0.1, 0.15) is 0 Å². The molecule has 18 heavy (non-hydrogen) atoms. The summed E-state index contributed by atoms with van der Waals surface area (Å²) in [4.78, 5) is 13.0. The average Bonchev–Trinajstić information content (AvgIpc) is 2.69. The molecule has 0 aromatic carbocycles. The molecule has 1 aliphatic rings. The zero-order valence-corrected chi connectivity index (χ0v) is 12.3.